The molecule has 25 heavy (non-hydrogen) atoms. The second-order valence-electron chi connectivity index (χ2n) is 6.76. The Labute approximate surface area is 148 Å². The molecule has 0 heterocycles. The van der Waals surface area contributed by atoms with Crippen LogP contribution >= 0.6 is 0 Å². The van der Waals surface area contributed by atoms with E-state index in [1.54, 1.807) is 12.1 Å². The lowest BCUT2D eigenvalue weighted by molar-refractivity contribution is 0.0897. The van der Waals surface area contributed by atoms with Gasteiger partial charge in [0.2, 0.25) is 0 Å². The summed E-state index contributed by atoms with van der Waals surface area (Å²) in [5, 5.41) is 11.5. The highest BCUT2D eigenvalue weighted by molar-refractivity contribution is 6.01. The summed E-state index contributed by atoms with van der Waals surface area (Å²) in [6.45, 7) is 0.710. The number of rotatable bonds is 6. The zero-order valence-corrected chi connectivity index (χ0v) is 14.6. The highest BCUT2D eigenvalue weighted by Gasteiger charge is 2.21. The fraction of sp³-hybridized carbons (Fsp3) is 0.227. The van der Waals surface area contributed by atoms with E-state index in [9.17, 15) is 9.90 Å². The molecule has 0 aromatic heterocycles. The van der Waals surface area contributed by atoms with E-state index in [1.165, 1.54) is 5.56 Å². The minimum atomic E-state index is -0.0908. The van der Waals surface area contributed by atoms with E-state index in [-0.39, 0.29) is 17.5 Å². The number of benzene rings is 3. The molecule has 0 aliphatic carbocycles. The summed E-state index contributed by atoms with van der Waals surface area (Å²) in [5.41, 5.74) is 1.90. The molecule has 0 aliphatic heterocycles. The Kier molecular flexibility index (Phi) is 5.15. The molecule has 0 fully saturated rings. The van der Waals surface area contributed by atoms with Crippen LogP contribution in [-0.2, 0) is 6.42 Å². The standard InChI is InChI=1S/C22H23NO2/c1-23(2)15-20(12-16-6-4-3-5-7-16)22(25)19-9-8-18-14-21(24)11-10-17(18)13-19/h3-11,13-14,20,24H,12,15H2,1-2H3/t20-/m0/s1. The number of phenolic OH excluding ortho intramolecular Hbond substituents is 1. The molecular weight excluding hydrogens is 310 g/mol. The van der Waals surface area contributed by atoms with Crippen LogP contribution in [0.5, 0.6) is 5.75 Å². The van der Waals surface area contributed by atoms with Crippen molar-refractivity contribution in [2.24, 2.45) is 5.92 Å². The number of Topliss-reactive ketones (excluding diaryl/α,β-unsaturated/α-hetero) is 1. The largest absolute Gasteiger partial charge is 0.508 e. The van der Waals surface area contributed by atoms with E-state index >= 15 is 0 Å². The van der Waals surface area contributed by atoms with Gasteiger partial charge in [0.05, 0.1) is 0 Å². The Balaban J connectivity index is 1.89. The van der Waals surface area contributed by atoms with Crippen LogP contribution in [0.4, 0.5) is 0 Å². The topological polar surface area (TPSA) is 40.5 Å². The van der Waals surface area contributed by atoms with Gasteiger partial charge in [-0.25, -0.2) is 0 Å². The first-order chi connectivity index (χ1) is 12.0. The highest BCUT2D eigenvalue weighted by Crippen LogP contribution is 2.23. The lowest BCUT2D eigenvalue weighted by Gasteiger charge is -2.20. The Morgan fingerprint density at radius 1 is 0.960 bits per heavy atom. The van der Waals surface area contributed by atoms with Crippen molar-refractivity contribution >= 4 is 16.6 Å². The summed E-state index contributed by atoms with van der Waals surface area (Å²) in [6, 6.07) is 21.0. The zero-order valence-electron chi connectivity index (χ0n) is 14.6. The van der Waals surface area contributed by atoms with Crippen LogP contribution in [0.2, 0.25) is 0 Å². The predicted molar refractivity (Wildman–Crippen MR) is 102 cm³/mol. The first-order valence-corrected chi connectivity index (χ1v) is 8.48. The fourth-order valence-electron chi connectivity index (χ4n) is 3.20. The minimum absolute atomic E-state index is 0.0908. The average Bonchev–Trinajstić information content (AvgIpc) is 2.60. The maximum absolute atomic E-state index is 13.1. The summed E-state index contributed by atoms with van der Waals surface area (Å²) < 4.78 is 0. The molecule has 0 saturated heterocycles. The van der Waals surface area contributed by atoms with Crippen LogP contribution < -0.4 is 0 Å². The molecule has 1 N–H and O–H groups in total. The first kappa shape index (κ1) is 17.2. The molecule has 0 unspecified atom stereocenters. The predicted octanol–water partition coefficient (Wildman–Crippen LogP) is 4.15. The zero-order chi connectivity index (χ0) is 17.8. The van der Waals surface area contributed by atoms with E-state index < -0.39 is 0 Å². The molecule has 0 radical (unpaired) electrons. The van der Waals surface area contributed by atoms with Crippen molar-refractivity contribution in [2.45, 2.75) is 6.42 Å². The molecule has 1 atom stereocenters. The summed E-state index contributed by atoms with van der Waals surface area (Å²) in [6.07, 6.45) is 0.728. The molecule has 3 aromatic carbocycles. The second-order valence-corrected chi connectivity index (χ2v) is 6.76. The monoisotopic (exact) mass is 333 g/mol. The van der Waals surface area contributed by atoms with Crippen molar-refractivity contribution < 1.29 is 9.90 Å². The summed E-state index contributed by atoms with van der Waals surface area (Å²) >= 11 is 0. The van der Waals surface area contributed by atoms with Crippen LogP contribution in [0.3, 0.4) is 0 Å². The van der Waals surface area contributed by atoms with E-state index in [0.717, 1.165) is 22.8 Å². The number of hydrogen-bond acceptors (Lipinski definition) is 3. The number of aromatic hydroxyl groups is 1. The molecule has 3 rings (SSSR count). The number of ketones is 1. The molecule has 0 amide bonds. The minimum Gasteiger partial charge on any atom is -0.508 e. The summed E-state index contributed by atoms with van der Waals surface area (Å²) in [5.74, 6) is 0.306. The number of carbonyl (C=O) groups is 1. The molecule has 0 aliphatic rings. The van der Waals surface area contributed by atoms with Crippen molar-refractivity contribution in [3.05, 3.63) is 77.9 Å². The van der Waals surface area contributed by atoms with Gasteiger partial charge in [-0.1, -0.05) is 48.5 Å². The van der Waals surface area contributed by atoms with E-state index in [2.05, 4.69) is 17.0 Å². The Morgan fingerprint density at radius 3 is 2.36 bits per heavy atom. The van der Waals surface area contributed by atoms with Crippen LogP contribution in [-0.4, -0.2) is 36.4 Å². The maximum atomic E-state index is 13.1. The number of hydrogen-bond donors (Lipinski definition) is 1. The van der Waals surface area contributed by atoms with E-state index in [1.807, 2.05) is 56.6 Å². The average molecular weight is 333 g/mol. The molecule has 0 bridgehead atoms. The third-order valence-corrected chi connectivity index (χ3v) is 4.39. The first-order valence-electron chi connectivity index (χ1n) is 8.48. The van der Waals surface area contributed by atoms with Gasteiger partial charge < -0.3 is 10.0 Å². The van der Waals surface area contributed by atoms with E-state index in [0.29, 0.717) is 6.54 Å². The molecule has 0 saturated carbocycles. The molecule has 3 aromatic rings. The van der Waals surface area contributed by atoms with Crippen LogP contribution in [0.15, 0.2) is 66.7 Å². The highest BCUT2D eigenvalue weighted by atomic mass is 16.3. The van der Waals surface area contributed by atoms with Crippen LogP contribution in [0.1, 0.15) is 15.9 Å². The maximum Gasteiger partial charge on any atom is 0.167 e. The third-order valence-electron chi connectivity index (χ3n) is 4.39. The van der Waals surface area contributed by atoms with Crippen LogP contribution in [0.25, 0.3) is 10.8 Å². The van der Waals surface area contributed by atoms with Gasteiger partial charge in [-0.15, -0.1) is 0 Å². The number of nitrogens with zero attached hydrogens (tertiary/aromatic N) is 1. The van der Waals surface area contributed by atoms with Crippen molar-refractivity contribution in [3.63, 3.8) is 0 Å². The van der Waals surface area contributed by atoms with Gasteiger partial charge in [0.15, 0.2) is 5.78 Å². The van der Waals surface area contributed by atoms with Gasteiger partial charge in [0.1, 0.15) is 5.75 Å². The SMILES string of the molecule is CN(C)C[C@H](Cc1ccccc1)C(=O)c1ccc2cc(O)ccc2c1. The lowest BCUT2D eigenvalue weighted by Crippen LogP contribution is -2.29. The number of fused-ring (bicyclic) bond motifs is 1. The quantitative estimate of drug-likeness (QED) is 0.689. The normalized spacial score (nSPS) is 12.4. The lowest BCUT2D eigenvalue weighted by atomic mass is 9.90. The van der Waals surface area contributed by atoms with Crippen LogP contribution in [0, 0.1) is 5.92 Å². The number of phenols is 1. The molecule has 0 spiro atoms. The van der Waals surface area contributed by atoms with Gasteiger partial charge in [-0.3, -0.25) is 4.79 Å². The van der Waals surface area contributed by atoms with Crippen molar-refractivity contribution in [3.8, 4) is 5.75 Å². The van der Waals surface area contributed by atoms with Crippen molar-refractivity contribution in [2.75, 3.05) is 20.6 Å². The Bertz CT molecular complexity index is 872. The molecular formula is C22H23NO2. The van der Waals surface area contributed by atoms with Gasteiger partial charge in [-0.05, 0) is 55.1 Å². The summed E-state index contributed by atoms with van der Waals surface area (Å²) in [7, 11) is 3.99. The molecule has 3 nitrogen and oxygen atoms in total. The fourth-order valence-corrected chi connectivity index (χ4v) is 3.20. The smallest absolute Gasteiger partial charge is 0.167 e. The molecule has 128 valence electrons. The van der Waals surface area contributed by atoms with Gasteiger partial charge >= 0.3 is 0 Å². The Hall–Kier alpha value is -2.65. The van der Waals surface area contributed by atoms with Gasteiger partial charge in [0.25, 0.3) is 0 Å². The van der Waals surface area contributed by atoms with E-state index in [4.69, 9.17) is 0 Å². The van der Waals surface area contributed by atoms with Gasteiger partial charge in [0, 0.05) is 18.0 Å². The van der Waals surface area contributed by atoms with Gasteiger partial charge in [-0.2, -0.15) is 0 Å². The summed E-state index contributed by atoms with van der Waals surface area (Å²) in [4.78, 5) is 15.2. The second kappa shape index (κ2) is 7.49. The van der Waals surface area contributed by atoms with Crippen molar-refractivity contribution in [1.29, 1.82) is 0 Å². The van der Waals surface area contributed by atoms with Crippen molar-refractivity contribution in [1.82, 2.24) is 4.90 Å². The third kappa shape index (κ3) is 4.25. The molecule has 3 heteroatoms. The number of carbonyl (C=O) groups excluding carboxylic acids is 1. The Morgan fingerprint density at radius 2 is 1.64 bits per heavy atom.